The maximum absolute atomic E-state index is 13.7. The van der Waals surface area contributed by atoms with E-state index in [-0.39, 0.29) is 29.1 Å². The van der Waals surface area contributed by atoms with Crippen LogP contribution < -0.4 is 5.32 Å². The van der Waals surface area contributed by atoms with E-state index in [1.165, 1.54) is 12.1 Å². The van der Waals surface area contributed by atoms with Gasteiger partial charge < -0.3 is 10.1 Å². The van der Waals surface area contributed by atoms with Gasteiger partial charge in [0, 0.05) is 24.7 Å². The van der Waals surface area contributed by atoms with E-state index in [4.69, 9.17) is 4.74 Å². The highest BCUT2D eigenvalue weighted by Crippen LogP contribution is 2.41. The van der Waals surface area contributed by atoms with Gasteiger partial charge >= 0.3 is 0 Å². The molecule has 0 bridgehead atoms. The number of rotatable bonds is 3. The molecule has 2 heterocycles. The molecule has 1 saturated heterocycles. The zero-order valence-corrected chi connectivity index (χ0v) is 15.9. The molecule has 1 atom stereocenters. The van der Waals surface area contributed by atoms with Crippen LogP contribution in [0.25, 0.3) is 5.69 Å². The van der Waals surface area contributed by atoms with Gasteiger partial charge in [-0.1, -0.05) is 19.9 Å². The van der Waals surface area contributed by atoms with Crippen LogP contribution in [0, 0.1) is 17.2 Å². The minimum Gasteiger partial charge on any atom is -0.381 e. The van der Waals surface area contributed by atoms with Crippen LogP contribution in [0.1, 0.15) is 50.4 Å². The Morgan fingerprint density at radius 2 is 2.11 bits per heavy atom. The normalized spacial score (nSPS) is 22.3. The molecule has 0 unspecified atom stereocenters. The molecule has 27 heavy (non-hydrogen) atoms. The molecule has 4 rings (SSSR count). The van der Waals surface area contributed by atoms with E-state index in [0.717, 1.165) is 36.9 Å². The second-order valence-electron chi connectivity index (χ2n) is 8.43. The zero-order chi connectivity index (χ0) is 19.0. The van der Waals surface area contributed by atoms with Gasteiger partial charge in [0.05, 0.1) is 23.6 Å². The summed E-state index contributed by atoms with van der Waals surface area (Å²) in [5, 5.41) is 7.78. The third kappa shape index (κ3) is 3.76. The number of ether oxygens (including phenoxy) is 1. The van der Waals surface area contributed by atoms with Crippen LogP contribution in [0.2, 0.25) is 0 Å². The van der Waals surface area contributed by atoms with Crippen molar-refractivity contribution in [3.8, 4) is 5.69 Å². The molecule has 0 saturated carbocycles. The summed E-state index contributed by atoms with van der Waals surface area (Å²) in [4.78, 5) is 12.8. The van der Waals surface area contributed by atoms with Gasteiger partial charge in [0.1, 0.15) is 5.82 Å². The van der Waals surface area contributed by atoms with Crippen LogP contribution in [0.5, 0.6) is 0 Å². The van der Waals surface area contributed by atoms with Crippen LogP contribution >= 0.6 is 0 Å². The van der Waals surface area contributed by atoms with Crippen molar-refractivity contribution in [1.29, 1.82) is 0 Å². The SMILES string of the molecule is CC1(C)Cc2c(cnn2-c2cccc(F)c2)[C@@H](NC(=O)C2CCOCC2)C1. The molecular formula is C21H26FN3O2. The third-order valence-corrected chi connectivity index (χ3v) is 5.64. The molecule has 6 heteroatoms. The Hall–Kier alpha value is -2.21. The molecule has 2 aliphatic rings. The van der Waals surface area contributed by atoms with Crippen LogP contribution in [0.4, 0.5) is 4.39 Å². The average molecular weight is 371 g/mol. The number of hydrogen-bond donors (Lipinski definition) is 1. The van der Waals surface area contributed by atoms with Crippen molar-refractivity contribution >= 4 is 5.91 Å². The number of aromatic nitrogens is 2. The first-order chi connectivity index (χ1) is 12.9. The predicted octanol–water partition coefficient (Wildman–Crippen LogP) is 3.57. The lowest BCUT2D eigenvalue weighted by Crippen LogP contribution is -2.40. The molecule has 1 fully saturated rings. The zero-order valence-electron chi connectivity index (χ0n) is 15.9. The lowest BCUT2D eigenvalue weighted by Gasteiger charge is -2.36. The molecule has 2 aromatic rings. The number of fused-ring (bicyclic) bond motifs is 1. The second kappa shape index (κ2) is 7.08. The van der Waals surface area contributed by atoms with Crippen LogP contribution in [0.15, 0.2) is 30.5 Å². The Morgan fingerprint density at radius 1 is 1.33 bits per heavy atom. The van der Waals surface area contributed by atoms with E-state index in [9.17, 15) is 9.18 Å². The summed E-state index contributed by atoms with van der Waals surface area (Å²) in [6.07, 6.45) is 5.07. The number of carbonyl (C=O) groups is 1. The van der Waals surface area contributed by atoms with Crippen LogP contribution in [-0.4, -0.2) is 28.9 Å². The van der Waals surface area contributed by atoms with Crippen molar-refractivity contribution in [3.05, 3.63) is 47.5 Å². The largest absolute Gasteiger partial charge is 0.381 e. The number of amides is 1. The van der Waals surface area contributed by atoms with Gasteiger partial charge in [0.25, 0.3) is 0 Å². The number of nitrogens with zero attached hydrogens (tertiary/aromatic N) is 2. The summed E-state index contributed by atoms with van der Waals surface area (Å²) in [5.41, 5.74) is 2.82. The van der Waals surface area contributed by atoms with E-state index in [1.807, 2.05) is 16.9 Å². The highest BCUT2D eigenvalue weighted by atomic mass is 19.1. The first-order valence-corrected chi connectivity index (χ1v) is 9.64. The van der Waals surface area contributed by atoms with Crippen LogP contribution in [0.3, 0.4) is 0 Å². The molecule has 0 radical (unpaired) electrons. The standard InChI is InChI=1S/C21H26FN3O2/c1-21(2)11-18(24-20(26)14-6-8-27-9-7-14)17-13-23-25(19(17)12-21)16-5-3-4-15(22)10-16/h3-5,10,13-14,18H,6-9,11-12H2,1-2H3,(H,24,26)/t18-/m0/s1. The lowest BCUT2D eigenvalue weighted by atomic mass is 9.74. The minimum absolute atomic E-state index is 0.0190. The molecule has 0 spiro atoms. The fraction of sp³-hybridized carbons (Fsp3) is 0.524. The molecule has 5 nitrogen and oxygen atoms in total. The first kappa shape index (κ1) is 18.2. The minimum atomic E-state index is -0.281. The Labute approximate surface area is 158 Å². The number of halogens is 1. The maximum Gasteiger partial charge on any atom is 0.223 e. The Kier molecular flexibility index (Phi) is 4.76. The molecule has 1 amide bonds. The molecule has 1 aromatic heterocycles. The van der Waals surface area contributed by atoms with E-state index >= 15 is 0 Å². The Morgan fingerprint density at radius 3 is 2.85 bits per heavy atom. The van der Waals surface area contributed by atoms with Crippen molar-refractivity contribution in [1.82, 2.24) is 15.1 Å². The first-order valence-electron chi connectivity index (χ1n) is 9.64. The number of carbonyl (C=O) groups excluding carboxylic acids is 1. The van der Waals surface area contributed by atoms with Gasteiger partial charge in [0.15, 0.2) is 0 Å². The quantitative estimate of drug-likeness (QED) is 0.897. The number of hydrogen-bond acceptors (Lipinski definition) is 3. The summed E-state index contributed by atoms with van der Waals surface area (Å²) in [6, 6.07) is 6.40. The van der Waals surface area contributed by atoms with Gasteiger partial charge in [-0.05, 0) is 49.3 Å². The smallest absolute Gasteiger partial charge is 0.223 e. The van der Waals surface area contributed by atoms with Crippen molar-refractivity contribution in [2.75, 3.05) is 13.2 Å². The summed E-state index contributed by atoms with van der Waals surface area (Å²) in [5.74, 6) is -0.160. The van der Waals surface area contributed by atoms with Crippen molar-refractivity contribution in [2.45, 2.75) is 45.6 Å². The van der Waals surface area contributed by atoms with E-state index in [2.05, 4.69) is 24.3 Å². The average Bonchev–Trinajstić information content (AvgIpc) is 3.05. The molecular weight excluding hydrogens is 345 g/mol. The van der Waals surface area contributed by atoms with Crippen molar-refractivity contribution in [3.63, 3.8) is 0 Å². The fourth-order valence-electron chi connectivity index (χ4n) is 4.25. The third-order valence-electron chi connectivity index (χ3n) is 5.64. The topological polar surface area (TPSA) is 56.2 Å². The summed E-state index contributed by atoms with van der Waals surface area (Å²) < 4.78 is 20.9. The summed E-state index contributed by atoms with van der Waals surface area (Å²) in [7, 11) is 0. The predicted molar refractivity (Wildman–Crippen MR) is 100 cm³/mol. The molecule has 1 N–H and O–H groups in total. The van der Waals surface area contributed by atoms with Gasteiger partial charge in [-0.2, -0.15) is 5.10 Å². The summed E-state index contributed by atoms with van der Waals surface area (Å²) in [6.45, 7) is 5.70. The molecule has 1 aromatic carbocycles. The maximum atomic E-state index is 13.7. The van der Waals surface area contributed by atoms with E-state index in [0.29, 0.717) is 18.9 Å². The monoisotopic (exact) mass is 371 g/mol. The highest BCUT2D eigenvalue weighted by molar-refractivity contribution is 5.79. The second-order valence-corrected chi connectivity index (χ2v) is 8.43. The fourth-order valence-corrected chi connectivity index (χ4v) is 4.25. The number of nitrogens with one attached hydrogen (secondary N) is 1. The van der Waals surface area contributed by atoms with Gasteiger partial charge in [-0.3, -0.25) is 4.79 Å². The van der Waals surface area contributed by atoms with Gasteiger partial charge in [0.2, 0.25) is 5.91 Å². The van der Waals surface area contributed by atoms with Crippen molar-refractivity contribution in [2.24, 2.45) is 11.3 Å². The number of benzene rings is 1. The highest BCUT2D eigenvalue weighted by Gasteiger charge is 2.37. The molecule has 1 aliphatic heterocycles. The lowest BCUT2D eigenvalue weighted by molar-refractivity contribution is -0.128. The molecule has 144 valence electrons. The van der Waals surface area contributed by atoms with E-state index in [1.54, 1.807) is 6.07 Å². The summed E-state index contributed by atoms with van der Waals surface area (Å²) >= 11 is 0. The Balaban J connectivity index is 1.63. The Bertz CT molecular complexity index is 840. The van der Waals surface area contributed by atoms with Crippen molar-refractivity contribution < 1.29 is 13.9 Å². The van der Waals surface area contributed by atoms with E-state index < -0.39 is 0 Å². The van der Waals surface area contributed by atoms with Crippen LogP contribution in [-0.2, 0) is 16.0 Å². The van der Waals surface area contributed by atoms with Gasteiger partial charge in [-0.15, -0.1) is 0 Å². The molecule has 1 aliphatic carbocycles. The van der Waals surface area contributed by atoms with Gasteiger partial charge in [-0.25, -0.2) is 9.07 Å².